The molecule has 0 bridgehead atoms. The lowest BCUT2D eigenvalue weighted by molar-refractivity contribution is -0.143. The van der Waals surface area contributed by atoms with Gasteiger partial charge in [0.2, 0.25) is 11.8 Å². The fraction of sp³-hybridized carbons (Fsp3) is 0.650. The molecule has 26 heavy (non-hydrogen) atoms. The van der Waals surface area contributed by atoms with Crippen LogP contribution in [0, 0.1) is 11.8 Å². The highest BCUT2D eigenvalue weighted by molar-refractivity contribution is 5.83. The number of piperidine rings is 1. The van der Waals surface area contributed by atoms with Crippen molar-refractivity contribution < 1.29 is 14.3 Å². The number of hydrogen-bond acceptors (Lipinski definition) is 4. The van der Waals surface area contributed by atoms with E-state index < -0.39 is 0 Å². The molecular formula is C20H29N3O3. The van der Waals surface area contributed by atoms with Crippen molar-refractivity contribution in [1.29, 1.82) is 0 Å². The summed E-state index contributed by atoms with van der Waals surface area (Å²) in [6.07, 6.45) is 6.05. The Labute approximate surface area is 155 Å². The maximum Gasteiger partial charge on any atom is 0.227 e. The van der Waals surface area contributed by atoms with Crippen LogP contribution in [0.25, 0.3) is 0 Å². The number of rotatable bonds is 6. The Morgan fingerprint density at radius 1 is 1.31 bits per heavy atom. The van der Waals surface area contributed by atoms with Gasteiger partial charge in [0.05, 0.1) is 18.2 Å². The largest absolute Gasteiger partial charge is 0.381 e. The molecule has 2 saturated heterocycles. The standard InChI is InChI=1S/C20H29N3O3/c1-22(11-7-16-8-12-26-13-9-16)20(25)17-5-6-19(24)23(14-17)15-18-4-2-3-10-21-18/h2-4,10,16-17H,5-9,11-15H2,1H3/t17-/m1/s1. The quantitative estimate of drug-likeness (QED) is 0.780. The summed E-state index contributed by atoms with van der Waals surface area (Å²) in [5.74, 6) is 0.837. The molecule has 0 N–H and O–H groups in total. The highest BCUT2D eigenvalue weighted by atomic mass is 16.5. The van der Waals surface area contributed by atoms with Crippen LogP contribution in [-0.4, -0.2) is 59.9 Å². The van der Waals surface area contributed by atoms with Crippen molar-refractivity contribution in [2.24, 2.45) is 11.8 Å². The van der Waals surface area contributed by atoms with Crippen LogP contribution in [0.5, 0.6) is 0 Å². The summed E-state index contributed by atoms with van der Waals surface area (Å²) in [5.41, 5.74) is 0.863. The first-order valence-electron chi connectivity index (χ1n) is 9.64. The van der Waals surface area contributed by atoms with E-state index in [0.717, 1.165) is 44.7 Å². The van der Waals surface area contributed by atoms with Gasteiger partial charge in [-0.2, -0.15) is 0 Å². The van der Waals surface area contributed by atoms with E-state index in [2.05, 4.69) is 4.98 Å². The summed E-state index contributed by atoms with van der Waals surface area (Å²) in [6, 6.07) is 5.70. The SMILES string of the molecule is CN(CCC1CCOCC1)C(=O)[C@@H]1CCC(=O)N(Cc2ccccn2)C1. The third kappa shape index (κ3) is 5.04. The van der Waals surface area contributed by atoms with Crippen molar-refractivity contribution in [2.45, 2.75) is 38.6 Å². The predicted octanol–water partition coefficient (Wildman–Crippen LogP) is 2.10. The molecule has 2 aliphatic heterocycles. The molecule has 1 aromatic rings. The van der Waals surface area contributed by atoms with Gasteiger partial charge in [-0.3, -0.25) is 14.6 Å². The number of carbonyl (C=O) groups excluding carboxylic acids is 2. The van der Waals surface area contributed by atoms with Gasteiger partial charge in [0.15, 0.2) is 0 Å². The van der Waals surface area contributed by atoms with E-state index >= 15 is 0 Å². The normalized spacial score (nSPS) is 21.7. The lowest BCUT2D eigenvalue weighted by atomic mass is 9.94. The Kier molecular flexibility index (Phi) is 6.61. The maximum atomic E-state index is 12.8. The van der Waals surface area contributed by atoms with E-state index in [-0.39, 0.29) is 17.7 Å². The van der Waals surface area contributed by atoms with Crippen LogP contribution in [-0.2, 0) is 20.9 Å². The van der Waals surface area contributed by atoms with Crippen LogP contribution in [0.4, 0.5) is 0 Å². The molecular weight excluding hydrogens is 330 g/mol. The van der Waals surface area contributed by atoms with Gasteiger partial charge in [0.25, 0.3) is 0 Å². The molecule has 3 rings (SSSR count). The van der Waals surface area contributed by atoms with Gasteiger partial charge in [-0.1, -0.05) is 6.07 Å². The Balaban J connectivity index is 1.50. The van der Waals surface area contributed by atoms with Gasteiger partial charge in [-0.05, 0) is 43.7 Å². The maximum absolute atomic E-state index is 12.8. The highest BCUT2D eigenvalue weighted by Crippen LogP contribution is 2.23. The lowest BCUT2D eigenvalue weighted by Gasteiger charge is -2.34. The summed E-state index contributed by atoms with van der Waals surface area (Å²) in [5, 5.41) is 0. The minimum Gasteiger partial charge on any atom is -0.381 e. The molecule has 1 aromatic heterocycles. The summed E-state index contributed by atoms with van der Waals surface area (Å²) < 4.78 is 5.40. The number of amides is 2. The van der Waals surface area contributed by atoms with Gasteiger partial charge in [-0.25, -0.2) is 0 Å². The van der Waals surface area contributed by atoms with E-state index in [0.29, 0.717) is 31.8 Å². The topological polar surface area (TPSA) is 62.7 Å². The fourth-order valence-corrected chi connectivity index (χ4v) is 3.79. The van der Waals surface area contributed by atoms with E-state index in [1.807, 2.05) is 30.1 Å². The number of likely N-dealkylation sites (tertiary alicyclic amines) is 1. The van der Waals surface area contributed by atoms with Crippen LogP contribution in [0.15, 0.2) is 24.4 Å². The Morgan fingerprint density at radius 2 is 2.12 bits per heavy atom. The van der Waals surface area contributed by atoms with Crippen molar-refractivity contribution in [3.63, 3.8) is 0 Å². The zero-order valence-electron chi connectivity index (χ0n) is 15.6. The van der Waals surface area contributed by atoms with Crippen LogP contribution in [0.3, 0.4) is 0 Å². The number of aromatic nitrogens is 1. The Bertz CT molecular complexity index is 602. The van der Waals surface area contributed by atoms with Crippen molar-refractivity contribution >= 4 is 11.8 Å². The van der Waals surface area contributed by atoms with Gasteiger partial charge in [0.1, 0.15) is 0 Å². The van der Waals surface area contributed by atoms with Crippen LogP contribution < -0.4 is 0 Å². The second-order valence-electron chi connectivity index (χ2n) is 7.44. The minimum absolute atomic E-state index is 0.101. The Morgan fingerprint density at radius 3 is 2.85 bits per heavy atom. The number of carbonyl (C=O) groups is 2. The molecule has 0 spiro atoms. The zero-order valence-corrected chi connectivity index (χ0v) is 15.6. The molecule has 142 valence electrons. The van der Waals surface area contributed by atoms with Crippen molar-refractivity contribution in [3.8, 4) is 0 Å². The number of ether oxygens (including phenoxy) is 1. The second-order valence-corrected chi connectivity index (χ2v) is 7.44. The van der Waals surface area contributed by atoms with Crippen molar-refractivity contribution in [2.75, 3.05) is 33.4 Å². The molecule has 3 heterocycles. The van der Waals surface area contributed by atoms with E-state index in [1.54, 1.807) is 11.1 Å². The summed E-state index contributed by atoms with van der Waals surface area (Å²) in [7, 11) is 1.89. The summed E-state index contributed by atoms with van der Waals surface area (Å²) >= 11 is 0. The third-order valence-corrected chi connectivity index (χ3v) is 5.52. The summed E-state index contributed by atoms with van der Waals surface area (Å²) in [6.45, 7) is 3.45. The number of hydrogen-bond donors (Lipinski definition) is 0. The monoisotopic (exact) mass is 359 g/mol. The molecule has 6 nitrogen and oxygen atoms in total. The second kappa shape index (κ2) is 9.12. The molecule has 0 radical (unpaired) electrons. The number of nitrogens with zero attached hydrogens (tertiary/aromatic N) is 3. The van der Waals surface area contributed by atoms with Gasteiger partial charge in [0, 0.05) is 46.0 Å². The van der Waals surface area contributed by atoms with Gasteiger partial charge in [-0.15, -0.1) is 0 Å². The average Bonchev–Trinajstić information content (AvgIpc) is 2.69. The first-order valence-corrected chi connectivity index (χ1v) is 9.64. The molecule has 1 atom stereocenters. The van der Waals surface area contributed by atoms with E-state index in [9.17, 15) is 9.59 Å². The van der Waals surface area contributed by atoms with Crippen LogP contribution >= 0.6 is 0 Å². The summed E-state index contributed by atoms with van der Waals surface area (Å²) in [4.78, 5) is 33.0. The molecule has 2 fully saturated rings. The van der Waals surface area contributed by atoms with Gasteiger partial charge >= 0.3 is 0 Å². The lowest BCUT2D eigenvalue weighted by Crippen LogP contribution is -2.46. The molecule has 2 aliphatic rings. The fourth-order valence-electron chi connectivity index (χ4n) is 3.79. The molecule has 2 amide bonds. The molecule has 0 unspecified atom stereocenters. The number of pyridine rings is 1. The van der Waals surface area contributed by atoms with Crippen LogP contribution in [0.2, 0.25) is 0 Å². The first-order chi connectivity index (χ1) is 12.6. The predicted molar refractivity (Wildman–Crippen MR) is 98.2 cm³/mol. The Hall–Kier alpha value is -1.95. The highest BCUT2D eigenvalue weighted by Gasteiger charge is 2.32. The first kappa shape index (κ1) is 18.8. The van der Waals surface area contributed by atoms with Crippen molar-refractivity contribution in [1.82, 2.24) is 14.8 Å². The zero-order chi connectivity index (χ0) is 18.4. The smallest absolute Gasteiger partial charge is 0.227 e. The van der Waals surface area contributed by atoms with Crippen molar-refractivity contribution in [3.05, 3.63) is 30.1 Å². The average molecular weight is 359 g/mol. The van der Waals surface area contributed by atoms with Gasteiger partial charge < -0.3 is 14.5 Å². The van der Waals surface area contributed by atoms with E-state index in [1.165, 1.54) is 0 Å². The minimum atomic E-state index is -0.101. The third-order valence-electron chi connectivity index (χ3n) is 5.52. The molecule has 6 heteroatoms. The van der Waals surface area contributed by atoms with Crippen LogP contribution in [0.1, 0.15) is 37.8 Å². The molecule has 0 aliphatic carbocycles. The molecule has 0 aromatic carbocycles. The van der Waals surface area contributed by atoms with E-state index in [4.69, 9.17) is 4.74 Å². The molecule has 0 saturated carbocycles.